The summed E-state index contributed by atoms with van der Waals surface area (Å²) in [5.74, 6) is -0.886. The number of likely N-dealkylation sites (N-methyl/N-ethyl adjacent to an activating group) is 1. The van der Waals surface area contributed by atoms with Crippen LogP contribution in [0.3, 0.4) is 0 Å². The van der Waals surface area contributed by atoms with E-state index in [0.717, 1.165) is 50.5 Å². The molecule has 1 heterocycles. The number of hydrogen-bond acceptors (Lipinski definition) is 5. The third-order valence-corrected chi connectivity index (χ3v) is 4.33. The molecule has 1 aliphatic heterocycles. The van der Waals surface area contributed by atoms with E-state index in [0.29, 0.717) is 12.2 Å². The minimum Gasteiger partial charge on any atom is -0.478 e. The maximum atomic E-state index is 11.5. The van der Waals surface area contributed by atoms with Crippen LogP contribution in [-0.4, -0.2) is 76.5 Å². The summed E-state index contributed by atoms with van der Waals surface area (Å²) in [4.78, 5) is 18.1. The molecule has 0 saturated carbocycles. The lowest BCUT2D eigenvalue weighted by Crippen LogP contribution is -2.44. The number of aromatic carboxylic acids is 1. The molecule has 0 aliphatic carbocycles. The van der Waals surface area contributed by atoms with Gasteiger partial charge < -0.3 is 24.5 Å². The number of benzene rings is 1. The number of carboxylic acids is 1. The van der Waals surface area contributed by atoms with E-state index in [1.165, 1.54) is 0 Å². The molecule has 6 heteroatoms. The lowest BCUT2D eigenvalue weighted by Gasteiger charge is -2.34. The molecule has 1 aromatic carbocycles. The molecule has 1 N–H and O–H groups in total. The van der Waals surface area contributed by atoms with Crippen molar-refractivity contribution >= 4 is 17.3 Å². The second kappa shape index (κ2) is 8.17. The maximum absolute atomic E-state index is 11.5. The molecule has 0 amide bonds. The van der Waals surface area contributed by atoms with Gasteiger partial charge in [-0.15, -0.1) is 0 Å². The van der Waals surface area contributed by atoms with Crippen LogP contribution < -0.4 is 9.80 Å². The van der Waals surface area contributed by atoms with Crippen molar-refractivity contribution in [2.75, 3.05) is 70.3 Å². The summed E-state index contributed by atoms with van der Waals surface area (Å²) >= 11 is 0. The average molecular weight is 321 g/mol. The molecule has 128 valence electrons. The highest BCUT2D eigenvalue weighted by atomic mass is 16.5. The molecule has 0 spiro atoms. The fraction of sp³-hybridized carbons (Fsp3) is 0.588. The van der Waals surface area contributed by atoms with Gasteiger partial charge in [0, 0.05) is 59.2 Å². The predicted molar refractivity (Wildman–Crippen MR) is 92.9 cm³/mol. The number of nitrogens with zero attached hydrogens (tertiary/aromatic N) is 3. The van der Waals surface area contributed by atoms with Crippen LogP contribution in [0.15, 0.2) is 18.2 Å². The van der Waals surface area contributed by atoms with Crippen LogP contribution in [-0.2, 0) is 4.74 Å². The molecule has 0 unspecified atom stereocenters. The van der Waals surface area contributed by atoms with Gasteiger partial charge in [0.2, 0.25) is 0 Å². The van der Waals surface area contributed by atoms with Crippen molar-refractivity contribution in [1.82, 2.24) is 4.90 Å². The largest absolute Gasteiger partial charge is 0.478 e. The normalized spacial score (nSPS) is 15.7. The van der Waals surface area contributed by atoms with Crippen molar-refractivity contribution < 1.29 is 14.6 Å². The fourth-order valence-electron chi connectivity index (χ4n) is 2.84. The van der Waals surface area contributed by atoms with Crippen LogP contribution in [0.4, 0.5) is 11.4 Å². The highest BCUT2D eigenvalue weighted by Crippen LogP contribution is 2.27. The monoisotopic (exact) mass is 321 g/mol. The molecular weight excluding hydrogens is 294 g/mol. The van der Waals surface area contributed by atoms with Gasteiger partial charge in [0.05, 0.1) is 11.3 Å². The van der Waals surface area contributed by atoms with Crippen molar-refractivity contribution in [3.8, 4) is 0 Å². The van der Waals surface area contributed by atoms with E-state index in [1.54, 1.807) is 13.2 Å². The SMILES string of the molecule is COCCCN(C)c1cc(N2CCN(C)CC2)ccc1C(=O)O. The minimum atomic E-state index is -0.886. The molecule has 0 aromatic heterocycles. The van der Waals surface area contributed by atoms with Gasteiger partial charge in [-0.1, -0.05) is 0 Å². The van der Waals surface area contributed by atoms with E-state index in [1.807, 2.05) is 24.1 Å². The molecule has 0 radical (unpaired) electrons. The van der Waals surface area contributed by atoms with Crippen LogP contribution in [0.25, 0.3) is 0 Å². The number of carboxylic acid groups (broad SMARTS) is 1. The number of piperazine rings is 1. The smallest absolute Gasteiger partial charge is 0.337 e. The van der Waals surface area contributed by atoms with Crippen molar-refractivity contribution in [3.05, 3.63) is 23.8 Å². The van der Waals surface area contributed by atoms with Crippen molar-refractivity contribution in [3.63, 3.8) is 0 Å². The lowest BCUT2D eigenvalue weighted by atomic mass is 10.1. The number of anilines is 2. The van der Waals surface area contributed by atoms with Crippen LogP contribution in [0.2, 0.25) is 0 Å². The molecule has 23 heavy (non-hydrogen) atoms. The Balaban J connectivity index is 2.19. The van der Waals surface area contributed by atoms with E-state index in [9.17, 15) is 9.90 Å². The number of methoxy groups -OCH3 is 1. The fourth-order valence-corrected chi connectivity index (χ4v) is 2.84. The molecule has 1 aliphatic rings. The van der Waals surface area contributed by atoms with Gasteiger partial charge in [0.1, 0.15) is 0 Å². The molecule has 2 rings (SSSR count). The van der Waals surface area contributed by atoms with Crippen LogP contribution in [0.1, 0.15) is 16.8 Å². The second-order valence-electron chi connectivity index (χ2n) is 6.06. The standard InChI is InChI=1S/C17H27N3O3/c1-18-8-10-20(11-9-18)14-5-6-15(17(21)22)16(13-14)19(2)7-4-12-23-3/h5-6,13H,4,7-12H2,1-3H3,(H,21,22). The van der Waals surface area contributed by atoms with Crippen LogP contribution in [0, 0.1) is 0 Å². The quantitative estimate of drug-likeness (QED) is 0.770. The maximum Gasteiger partial charge on any atom is 0.337 e. The molecule has 1 fully saturated rings. The Labute approximate surface area is 138 Å². The zero-order chi connectivity index (χ0) is 16.8. The Kier molecular flexibility index (Phi) is 6.24. The molecule has 1 saturated heterocycles. The Morgan fingerprint density at radius 1 is 1.30 bits per heavy atom. The highest BCUT2D eigenvalue weighted by Gasteiger charge is 2.19. The molecule has 0 bridgehead atoms. The average Bonchev–Trinajstić information content (AvgIpc) is 2.55. The summed E-state index contributed by atoms with van der Waals surface area (Å²) in [7, 11) is 5.74. The van der Waals surface area contributed by atoms with Crippen LogP contribution >= 0.6 is 0 Å². The first-order valence-corrected chi connectivity index (χ1v) is 8.04. The molecule has 1 aromatic rings. The predicted octanol–water partition coefficient (Wildman–Crippen LogP) is 1.61. The first kappa shape index (κ1) is 17.6. The first-order valence-electron chi connectivity index (χ1n) is 8.04. The summed E-state index contributed by atoms with van der Waals surface area (Å²) in [6.07, 6.45) is 0.866. The zero-order valence-electron chi connectivity index (χ0n) is 14.3. The van der Waals surface area contributed by atoms with E-state index in [-0.39, 0.29) is 0 Å². The summed E-state index contributed by atoms with van der Waals surface area (Å²) in [5, 5.41) is 9.45. The summed E-state index contributed by atoms with van der Waals surface area (Å²) in [5.41, 5.74) is 2.21. The molecule has 6 nitrogen and oxygen atoms in total. The van der Waals surface area contributed by atoms with E-state index >= 15 is 0 Å². The van der Waals surface area contributed by atoms with Gasteiger partial charge in [-0.3, -0.25) is 0 Å². The Bertz CT molecular complexity index is 528. The summed E-state index contributed by atoms with van der Waals surface area (Å²) in [6, 6.07) is 5.64. The zero-order valence-corrected chi connectivity index (χ0v) is 14.3. The summed E-state index contributed by atoms with van der Waals surface area (Å²) < 4.78 is 5.08. The molecular formula is C17H27N3O3. The van der Waals surface area contributed by atoms with Gasteiger partial charge in [-0.25, -0.2) is 4.79 Å². The van der Waals surface area contributed by atoms with E-state index < -0.39 is 5.97 Å². The van der Waals surface area contributed by atoms with Gasteiger partial charge in [0.25, 0.3) is 0 Å². The molecule has 0 atom stereocenters. The van der Waals surface area contributed by atoms with Crippen molar-refractivity contribution in [1.29, 1.82) is 0 Å². The lowest BCUT2D eigenvalue weighted by molar-refractivity contribution is 0.0697. The summed E-state index contributed by atoms with van der Waals surface area (Å²) in [6.45, 7) is 5.43. The second-order valence-corrected chi connectivity index (χ2v) is 6.06. The van der Waals surface area contributed by atoms with Gasteiger partial charge in [-0.2, -0.15) is 0 Å². The van der Waals surface area contributed by atoms with Gasteiger partial charge >= 0.3 is 5.97 Å². The van der Waals surface area contributed by atoms with Crippen LogP contribution in [0.5, 0.6) is 0 Å². The van der Waals surface area contributed by atoms with E-state index in [2.05, 4.69) is 16.8 Å². The topological polar surface area (TPSA) is 56.2 Å². The minimum absolute atomic E-state index is 0.350. The van der Waals surface area contributed by atoms with Crippen molar-refractivity contribution in [2.24, 2.45) is 0 Å². The van der Waals surface area contributed by atoms with Crippen molar-refractivity contribution in [2.45, 2.75) is 6.42 Å². The number of carbonyl (C=O) groups is 1. The Morgan fingerprint density at radius 2 is 2.00 bits per heavy atom. The van der Waals surface area contributed by atoms with E-state index in [4.69, 9.17) is 4.74 Å². The number of ether oxygens (including phenoxy) is 1. The number of hydrogen-bond donors (Lipinski definition) is 1. The van der Waals surface area contributed by atoms with Gasteiger partial charge in [-0.05, 0) is 31.7 Å². The third kappa shape index (κ3) is 4.59. The van der Waals surface area contributed by atoms with Gasteiger partial charge in [0.15, 0.2) is 0 Å². The Morgan fingerprint density at radius 3 is 2.61 bits per heavy atom. The number of rotatable bonds is 7. The highest BCUT2D eigenvalue weighted by molar-refractivity contribution is 5.95. The Hall–Kier alpha value is -1.79. The third-order valence-electron chi connectivity index (χ3n) is 4.33. The first-order chi connectivity index (χ1) is 11.0.